The predicted octanol–water partition coefficient (Wildman–Crippen LogP) is 2.77. The standard InChI is InChI=1S/C11H12BrN3S/c1-7-2-3-8(6-14-7)11(15-13)9-4-5-10(12)16-9/h2-6,11,15H,13H2,1H3. The number of hydrogen-bond acceptors (Lipinski definition) is 4. The highest BCUT2D eigenvalue weighted by Crippen LogP contribution is 2.30. The fourth-order valence-electron chi connectivity index (χ4n) is 1.48. The van der Waals surface area contributed by atoms with E-state index < -0.39 is 0 Å². The average molecular weight is 298 g/mol. The Hall–Kier alpha value is -0.750. The van der Waals surface area contributed by atoms with Gasteiger partial charge in [0.1, 0.15) is 0 Å². The lowest BCUT2D eigenvalue weighted by atomic mass is 10.1. The zero-order chi connectivity index (χ0) is 11.5. The maximum Gasteiger partial charge on any atom is 0.0817 e. The Morgan fingerprint density at radius 2 is 2.19 bits per heavy atom. The lowest BCUT2D eigenvalue weighted by molar-refractivity contribution is 0.644. The van der Waals surface area contributed by atoms with Crippen LogP contribution >= 0.6 is 27.3 Å². The van der Waals surface area contributed by atoms with Crippen LogP contribution in [0.3, 0.4) is 0 Å². The maximum atomic E-state index is 5.60. The van der Waals surface area contributed by atoms with E-state index >= 15 is 0 Å². The zero-order valence-electron chi connectivity index (χ0n) is 8.77. The topological polar surface area (TPSA) is 50.9 Å². The molecular formula is C11H12BrN3S. The highest BCUT2D eigenvalue weighted by Gasteiger charge is 2.14. The Morgan fingerprint density at radius 1 is 1.38 bits per heavy atom. The van der Waals surface area contributed by atoms with Crippen molar-refractivity contribution in [2.45, 2.75) is 13.0 Å². The first-order valence-electron chi connectivity index (χ1n) is 4.84. The molecule has 0 aliphatic rings. The molecule has 16 heavy (non-hydrogen) atoms. The van der Waals surface area contributed by atoms with Crippen LogP contribution in [0, 0.1) is 6.92 Å². The SMILES string of the molecule is Cc1ccc(C(NN)c2ccc(Br)s2)cn1. The van der Waals surface area contributed by atoms with Crippen molar-refractivity contribution in [1.82, 2.24) is 10.4 Å². The number of thiophene rings is 1. The molecule has 0 fully saturated rings. The largest absolute Gasteiger partial charge is 0.271 e. The second kappa shape index (κ2) is 5.05. The van der Waals surface area contributed by atoms with Gasteiger partial charge >= 0.3 is 0 Å². The third-order valence-corrected chi connectivity index (χ3v) is 4.00. The molecule has 2 rings (SSSR count). The number of halogens is 1. The minimum absolute atomic E-state index is 0.00407. The van der Waals surface area contributed by atoms with E-state index in [0.29, 0.717) is 0 Å². The second-order valence-corrected chi connectivity index (χ2v) is 5.97. The van der Waals surface area contributed by atoms with Gasteiger partial charge in [-0.25, -0.2) is 5.43 Å². The molecular weight excluding hydrogens is 286 g/mol. The Balaban J connectivity index is 2.32. The Bertz CT molecular complexity index is 466. The normalized spacial score (nSPS) is 12.7. The summed E-state index contributed by atoms with van der Waals surface area (Å²) in [4.78, 5) is 5.44. The molecule has 2 aromatic rings. The highest BCUT2D eigenvalue weighted by atomic mass is 79.9. The molecule has 0 aliphatic carbocycles. The van der Waals surface area contributed by atoms with Crippen LogP contribution in [0.5, 0.6) is 0 Å². The van der Waals surface area contributed by atoms with Gasteiger partial charge in [0.15, 0.2) is 0 Å². The van der Waals surface area contributed by atoms with Crippen molar-refractivity contribution in [3.05, 3.63) is 50.4 Å². The number of hydrazine groups is 1. The lowest BCUT2D eigenvalue weighted by Crippen LogP contribution is -2.28. The maximum absolute atomic E-state index is 5.60. The predicted molar refractivity (Wildman–Crippen MR) is 70.2 cm³/mol. The van der Waals surface area contributed by atoms with Gasteiger partial charge in [0, 0.05) is 16.8 Å². The molecule has 3 nitrogen and oxygen atoms in total. The number of nitrogens with two attached hydrogens (primary N) is 1. The molecule has 2 aromatic heterocycles. The van der Waals surface area contributed by atoms with Crippen LogP contribution in [0.4, 0.5) is 0 Å². The fraction of sp³-hybridized carbons (Fsp3) is 0.182. The Morgan fingerprint density at radius 3 is 2.69 bits per heavy atom. The van der Waals surface area contributed by atoms with E-state index in [0.717, 1.165) is 15.0 Å². The number of nitrogens with one attached hydrogen (secondary N) is 1. The first-order valence-corrected chi connectivity index (χ1v) is 6.45. The van der Waals surface area contributed by atoms with Gasteiger partial charge in [-0.1, -0.05) is 6.07 Å². The second-order valence-electron chi connectivity index (χ2n) is 3.47. The van der Waals surface area contributed by atoms with Crippen molar-refractivity contribution in [3.8, 4) is 0 Å². The smallest absolute Gasteiger partial charge is 0.0817 e. The average Bonchev–Trinajstić information content (AvgIpc) is 2.69. The summed E-state index contributed by atoms with van der Waals surface area (Å²) in [6.45, 7) is 1.97. The van der Waals surface area contributed by atoms with Gasteiger partial charge in [-0.05, 0) is 46.6 Å². The summed E-state index contributed by atoms with van der Waals surface area (Å²) in [5.41, 5.74) is 4.90. The molecule has 84 valence electrons. The van der Waals surface area contributed by atoms with E-state index in [2.05, 4.69) is 32.4 Å². The number of pyridine rings is 1. The number of aryl methyl sites for hydroxylation is 1. The summed E-state index contributed by atoms with van der Waals surface area (Å²) in [6, 6.07) is 8.11. The van der Waals surface area contributed by atoms with Gasteiger partial charge in [0.25, 0.3) is 0 Å². The van der Waals surface area contributed by atoms with Gasteiger partial charge in [-0.2, -0.15) is 0 Å². The minimum Gasteiger partial charge on any atom is -0.271 e. The van der Waals surface area contributed by atoms with Crippen LogP contribution in [0.1, 0.15) is 22.2 Å². The molecule has 1 unspecified atom stereocenters. The van der Waals surface area contributed by atoms with Gasteiger partial charge in [-0.3, -0.25) is 10.8 Å². The van der Waals surface area contributed by atoms with Crippen LogP contribution in [0.15, 0.2) is 34.2 Å². The molecule has 1 atom stereocenters. The molecule has 0 radical (unpaired) electrons. The molecule has 0 amide bonds. The molecule has 5 heteroatoms. The van der Waals surface area contributed by atoms with E-state index in [4.69, 9.17) is 5.84 Å². The van der Waals surface area contributed by atoms with Gasteiger partial charge in [0.2, 0.25) is 0 Å². The summed E-state index contributed by atoms with van der Waals surface area (Å²) < 4.78 is 1.10. The number of nitrogens with zero attached hydrogens (tertiary/aromatic N) is 1. The minimum atomic E-state index is 0.00407. The van der Waals surface area contributed by atoms with Crippen LogP contribution in [0.25, 0.3) is 0 Å². The van der Waals surface area contributed by atoms with Gasteiger partial charge in [0.05, 0.1) is 9.83 Å². The van der Waals surface area contributed by atoms with Crippen LogP contribution in [0.2, 0.25) is 0 Å². The molecule has 0 saturated heterocycles. The third-order valence-electron chi connectivity index (χ3n) is 2.31. The molecule has 2 heterocycles. The number of rotatable bonds is 3. The van der Waals surface area contributed by atoms with E-state index in [1.807, 2.05) is 31.3 Å². The van der Waals surface area contributed by atoms with Crippen molar-refractivity contribution >= 4 is 27.3 Å². The monoisotopic (exact) mass is 297 g/mol. The van der Waals surface area contributed by atoms with Crippen molar-refractivity contribution in [1.29, 1.82) is 0 Å². The zero-order valence-corrected chi connectivity index (χ0v) is 11.2. The van der Waals surface area contributed by atoms with Crippen molar-refractivity contribution in [2.24, 2.45) is 5.84 Å². The summed E-state index contributed by atoms with van der Waals surface area (Å²) in [5, 5.41) is 0. The first kappa shape index (κ1) is 11.7. The van der Waals surface area contributed by atoms with E-state index in [1.165, 1.54) is 4.88 Å². The summed E-state index contributed by atoms with van der Waals surface area (Å²) in [7, 11) is 0. The summed E-state index contributed by atoms with van der Waals surface area (Å²) in [5.74, 6) is 5.60. The number of aromatic nitrogens is 1. The summed E-state index contributed by atoms with van der Waals surface area (Å²) >= 11 is 5.11. The molecule has 0 spiro atoms. The van der Waals surface area contributed by atoms with Crippen molar-refractivity contribution in [2.75, 3.05) is 0 Å². The highest BCUT2D eigenvalue weighted by molar-refractivity contribution is 9.11. The Kier molecular flexibility index (Phi) is 3.70. The van der Waals surface area contributed by atoms with E-state index in [9.17, 15) is 0 Å². The van der Waals surface area contributed by atoms with Crippen molar-refractivity contribution < 1.29 is 0 Å². The molecule has 0 saturated carbocycles. The van der Waals surface area contributed by atoms with E-state index in [-0.39, 0.29) is 6.04 Å². The molecule has 0 aromatic carbocycles. The fourth-order valence-corrected chi connectivity index (χ4v) is 2.99. The van der Waals surface area contributed by atoms with Crippen LogP contribution in [-0.2, 0) is 0 Å². The van der Waals surface area contributed by atoms with Gasteiger partial charge in [-0.15, -0.1) is 11.3 Å². The van der Waals surface area contributed by atoms with E-state index in [1.54, 1.807) is 11.3 Å². The molecule has 0 aliphatic heterocycles. The van der Waals surface area contributed by atoms with Crippen LogP contribution < -0.4 is 11.3 Å². The Labute approximate surface area is 107 Å². The third kappa shape index (κ3) is 2.49. The van der Waals surface area contributed by atoms with Crippen molar-refractivity contribution in [3.63, 3.8) is 0 Å². The first-order chi connectivity index (χ1) is 7.70. The quantitative estimate of drug-likeness (QED) is 0.677. The summed E-state index contributed by atoms with van der Waals surface area (Å²) in [6.07, 6.45) is 1.85. The molecule has 3 N–H and O–H groups in total. The van der Waals surface area contributed by atoms with Gasteiger partial charge < -0.3 is 0 Å². The molecule has 0 bridgehead atoms. The number of hydrogen-bond donors (Lipinski definition) is 2. The lowest BCUT2D eigenvalue weighted by Gasteiger charge is -2.14. The van der Waals surface area contributed by atoms with Crippen LogP contribution in [-0.4, -0.2) is 4.98 Å².